The van der Waals surface area contributed by atoms with Crippen molar-refractivity contribution in [3.8, 4) is 0 Å². The van der Waals surface area contributed by atoms with Gasteiger partial charge in [-0.15, -0.1) is 0 Å². The van der Waals surface area contributed by atoms with Gasteiger partial charge in [0.2, 0.25) is 5.91 Å². The smallest absolute Gasteiger partial charge is 0.224 e. The molecule has 134 valence electrons. The van der Waals surface area contributed by atoms with Crippen LogP contribution in [0.25, 0.3) is 0 Å². The molecule has 5 rings (SSSR count). The Labute approximate surface area is 155 Å². The molecule has 1 N–H and O–H groups in total. The molecule has 26 heavy (non-hydrogen) atoms. The molecule has 2 aliphatic carbocycles. The van der Waals surface area contributed by atoms with Gasteiger partial charge in [-0.2, -0.15) is 0 Å². The number of benzene rings is 2. The largest absolute Gasteiger partial charge is 0.363 e. The molecule has 2 aromatic carbocycles. The van der Waals surface area contributed by atoms with Gasteiger partial charge in [0.05, 0.1) is 0 Å². The molecule has 0 aromatic heterocycles. The molecule has 2 fully saturated rings. The van der Waals surface area contributed by atoms with Crippen LogP contribution in [-0.4, -0.2) is 5.91 Å². The van der Waals surface area contributed by atoms with E-state index in [-0.39, 0.29) is 5.91 Å². The Hall–Kier alpha value is -2.29. The van der Waals surface area contributed by atoms with Crippen molar-refractivity contribution < 1.29 is 4.79 Å². The molecule has 1 aliphatic heterocycles. The molecule has 0 saturated heterocycles. The molecular weight excluding hydrogens is 320 g/mol. The summed E-state index contributed by atoms with van der Waals surface area (Å²) in [7, 11) is 0. The van der Waals surface area contributed by atoms with Crippen LogP contribution in [0.4, 0.5) is 11.4 Å². The molecule has 0 radical (unpaired) electrons. The van der Waals surface area contributed by atoms with Gasteiger partial charge in [0.25, 0.3) is 0 Å². The third-order valence-electron chi connectivity index (χ3n) is 6.67. The molecule has 3 nitrogen and oxygen atoms in total. The fourth-order valence-corrected chi connectivity index (χ4v) is 5.37. The van der Waals surface area contributed by atoms with Gasteiger partial charge in [0.1, 0.15) is 0 Å². The van der Waals surface area contributed by atoms with Crippen LogP contribution >= 0.6 is 0 Å². The Bertz CT molecular complexity index is 805. The number of hydrogen-bond donors (Lipinski definition) is 1. The second-order valence-corrected chi connectivity index (χ2v) is 8.36. The topological polar surface area (TPSA) is 32.3 Å². The van der Waals surface area contributed by atoms with Gasteiger partial charge in [-0.25, -0.2) is 0 Å². The zero-order valence-corrected chi connectivity index (χ0v) is 15.2. The lowest BCUT2D eigenvalue weighted by Gasteiger charge is -2.21. The Kier molecular flexibility index (Phi) is 3.96. The van der Waals surface area contributed by atoms with Crippen molar-refractivity contribution in [3.63, 3.8) is 0 Å². The monoisotopic (exact) mass is 346 g/mol. The molecule has 2 saturated carbocycles. The van der Waals surface area contributed by atoms with Gasteiger partial charge in [-0.1, -0.05) is 36.8 Å². The van der Waals surface area contributed by atoms with Crippen LogP contribution in [0, 0.1) is 17.8 Å². The maximum atomic E-state index is 12.5. The van der Waals surface area contributed by atoms with E-state index in [4.69, 9.17) is 0 Å². The fraction of sp³-hybridized carbons (Fsp3) is 0.435. The van der Waals surface area contributed by atoms with Gasteiger partial charge in [0.15, 0.2) is 0 Å². The van der Waals surface area contributed by atoms with Crippen LogP contribution in [0.5, 0.6) is 0 Å². The Morgan fingerprint density at radius 3 is 2.50 bits per heavy atom. The van der Waals surface area contributed by atoms with E-state index in [0.29, 0.717) is 12.3 Å². The number of anilines is 2. The first-order chi connectivity index (χ1) is 12.7. The number of rotatable bonds is 4. The summed E-state index contributed by atoms with van der Waals surface area (Å²) < 4.78 is 0. The van der Waals surface area contributed by atoms with Crippen molar-refractivity contribution >= 4 is 17.3 Å². The van der Waals surface area contributed by atoms with E-state index in [0.717, 1.165) is 30.6 Å². The number of fused-ring (bicyclic) bond motifs is 3. The number of nitrogens with one attached hydrogen (secondary N) is 1. The molecule has 1 amide bonds. The maximum Gasteiger partial charge on any atom is 0.224 e. The molecule has 0 unspecified atom stereocenters. The summed E-state index contributed by atoms with van der Waals surface area (Å²) >= 11 is 0. The second-order valence-electron chi connectivity index (χ2n) is 8.36. The number of carbonyl (C=O) groups excluding carboxylic acids is 1. The van der Waals surface area contributed by atoms with Crippen LogP contribution in [0.3, 0.4) is 0 Å². The zero-order chi connectivity index (χ0) is 17.5. The summed E-state index contributed by atoms with van der Waals surface area (Å²) in [5.41, 5.74) is 4.90. The lowest BCUT2D eigenvalue weighted by molar-refractivity contribution is -0.117. The summed E-state index contributed by atoms with van der Waals surface area (Å²) in [4.78, 5) is 14.9. The van der Waals surface area contributed by atoms with Crippen molar-refractivity contribution in [2.75, 3.05) is 10.2 Å². The minimum absolute atomic E-state index is 0.185. The Balaban J connectivity index is 1.23. The van der Waals surface area contributed by atoms with Crippen LogP contribution in [0.1, 0.15) is 43.2 Å². The number of carbonyl (C=O) groups is 1. The maximum absolute atomic E-state index is 12.5. The van der Waals surface area contributed by atoms with Crippen molar-refractivity contribution in [2.24, 2.45) is 17.8 Å². The van der Waals surface area contributed by atoms with E-state index < -0.39 is 0 Å². The van der Waals surface area contributed by atoms with Crippen LogP contribution in [0.2, 0.25) is 0 Å². The first-order valence-corrected chi connectivity index (χ1v) is 9.96. The van der Waals surface area contributed by atoms with E-state index in [2.05, 4.69) is 46.6 Å². The first-order valence-electron chi connectivity index (χ1n) is 9.96. The average Bonchev–Trinajstić information content (AvgIpc) is 3.36. The summed E-state index contributed by atoms with van der Waals surface area (Å²) in [6.45, 7) is 1.89. The summed E-state index contributed by atoms with van der Waals surface area (Å²) in [6, 6.07) is 16.9. The lowest BCUT2D eigenvalue weighted by Crippen LogP contribution is -2.20. The standard InChI is InChI=1S/C23H26N2O/c26-23(12-20-11-16-8-9-17(20)10-16)24-21-6-3-7-22(13-21)25-14-18-4-1-2-5-19(18)15-25/h1-7,13,16-17,20H,8-12,14-15H2,(H,24,26)/t16-,17+,20-/m0/s1. The summed E-state index contributed by atoms with van der Waals surface area (Å²) in [6.07, 6.45) is 6.06. The van der Waals surface area contributed by atoms with Gasteiger partial charge in [-0.3, -0.25) is 4.79 Å². The molecule has 3 atom stereocenters. The molecule has 2 bridgehead atoms. The molecule has 2 aromatic rings. The van der Waals surface area contributed by atoms with E-state index in [1.807, 2.05) is 12.1 Å². The van der Waals surface area contributed by atoms with Crippen LogP contribution in [0.15, 0.2) is 48.5 Å². The number of amides is 1. The Morgan fingerprint density at radius 2 is 1.81 bits per heavy atom. The fourth-order valence-electron chi connectivity index (χ4n) is 5.37. The van der Waals surface area contributed by atoms with Gasteiger partial charge in [-0.05, 0) is 66.3 Å². The average molecular weight is 346 g/mol. The quantitative estimate of drug-likeness (QED) is 0.847. The molecule has 3 heteroatoms. The van der Waals surface area contributed by atoms with E-state index in [9.17, 15) is 4.79 Å². The van der Waals surface area contributed by atoms with Crippen molar-refractivity contribution in [1.82, 2.24) is 0 Å². The highest BCUT2D eigenvalue weighted by Crippen LogP contribution is 2.49. The van der Waals surface area contributed by atoms with Gasteiger partial charge in [0, 0.05) is 30.9 Å². The molecule has 0 spiro atoms. The third kappa shape index (κ3) is 3.00. The van der Waals surface area contributed by atoms with Crippen molar-refractivity contribution in [3.05, 3.63) is 59.7 Å². The number of nitrogens with zero attached hydrogens (tertiary/aromatic N) is 1. The van der Waals surface area contributed by atoms with E-state index in [1.165, 1.54) is 42.5 Å². The van der Waals surface area contributed by atoms with Crippen LogP contribution < -0.4 is 10.2 Å². The predicted molar refractivity (Wildman–Crippen MR) is 105 cm³/mol. The summed E-state index contributed by atoms with van der Waals surface area (Å²) in [5, 5.41) is 3.15. The molecule has 1 heterocycles. The summed E-state index contributed by atoms with van der Waals surface area (Å²) in [5.74, 6) is 2.51. The second kappa shape index (κ2) is 6.46. The first kappa shape index (κ1) is 15.9. The van der Waals surface area contributed by atoms with E-state index >= 15 is 0 Å². The van der Waals surface area contributed by atoms with Gasteiger partial charge < -0.3 is 10.2 Å². The molecular formula is C23H26N2O. The minimum atomic E-state index is 0.185. The van der Waals surface area contributed by atoms with Crippen LogP contribution in [-0.2, 0) is 17.9 Å². The predicted octanol–water partition coefficient (Wildman–Crippen LogP) is 4.97. The number of hydrogen-bond acceptors (Lipinski definition) is 2. The third-order valence-corrected chi connectivity index (χ3v) is 6.67. The SMILES string of the molecule is O=C(C[C@@H]1C[C@H]2CC[C@@H]1C2)Nc1cccc(N2Cc3ccccc3C2)c1. The molecule has 3 aliphatic rings. The van der Waals surface area contributed by atoms with Crippen molar-refractivity contribution in [1.29, 1.82) is 0 Å². The Morgan fingerprint density at radius 1 is 1.00 bits per heavy atom. The van der Waals surface area contributed by atoms with Gasteiger partial charge >= 0.3 is 0 Å². The lowest BCUT2D eigenvalue weighted by atomic mass is 9.86. The minimum Gasteiger partial charge on any atom is -0.363 e. The van der Waals surface area contributed by atoms with Crippen molar-refractivity contribution in [2.45, 2.75) is 45.2 Å². The highest BCUT2D eigenvalue weighted by molar-refractivity contribution is 5.91. The highest BCUT2D eigenvalue weighted by atomic mass is 16.1. The normalized spacial score (nSPS) is 26.2. The van der Waals surface area contributed by atoms with E-state index in [1.54, 1.807) is 0 Å². The highest BCUT2D eigenvalue weighted by Gasteiger charge is 2.40. The zero-order valence-electron chi connectivity index (χ0n) is 15.2.